The third kappa shape index (κ3) is 6.19. The summed E-state index contributed by atoms with van der Waals surface area (Å²) in [5.41, 5.74) is 2.24. The van der Waals surface area contributed by atoms with Gasteiger partial charge in [-0.2, -0.15) is 0 Å². The predicted molar refractivity (Wildman–Crippen MR) is 135 cm³/mol. The van der Waals surface area contributed by atoms with E-state index in [0.717, 1.165) is 15.5 Å². The van der Waals surface area contributed by atoms with Crippen molar-refractivity contribution in [2.45, 2.75) is 9.79 Å². The minimum absolute atomic E-state index is 0.0516. The van der Waals surface area contributed by atoms with Crippen LogP contribution in [0.5, 0.6) is 5.75 Å². The van der Waals surface area contributed by atoms with Gasteiger partial charge in [0.15, 0.2) is 0 Å². The van der Waals surface area contributed by atoms with Crippen molar-refractivity contribution in [1.82, 2.24) is 0 Å². The van der Waals surface area contributed by atoms with Crippen LogP contribution in [0.25, 0.3) is 0 Å². The summed E-state index contributed by atoms with van der Waals surface area (Å²) in [6.07, 6.45) is 0. The van der Waals surface area contributed by atoms with Crippen LogP contribution >= 0.6 is 21.6 Å². The second-order valence-electron chi connectivity index (χ2n) is 7.01. The minimum Gasteiger partial charge on any atom is -0.507 e. The van der Waals surface area contributed by atoms with E-state index in [1.807, 2.05) is 66.7 Å². The Labute approximate surface area is 199 Å². The van der Waals surface area contributed by atoms with Gasteiger partial charge in [-0.25, -0.2) is 0 Å². The average Bonchev–Trinajstić information content (AvgIpc) is 2.85. The molecule has 0 saturated carbocycles. The molecule has 4 rings (SSSR count). The zero-order valence-corrected chi connectivity index (χ0v) is 19.0. The van der Waals surface area contributed by atoms with E-state index >= 15 is 0 Å². The number of phenols is 1. The lowest BCUT2D eigenvalue weighted by Crippen LogP contribution is -2.11. The first kappa shape index (κ1) is 22.5. The standard InChI is InChI=1S/C26H20N2O3S2/c29-24-9-5-4-8-23(24)26(31)28-20-12-16-22(17-13-20)33-32-21-14-10-19(11-15-21)27-25(30)18-6-2-1-3-7-18/h1-17,29H,(H,27,30)(H,28,31). The Morgan fingerprint density at radius 1 is 0.576 bits per heavy atom. The molecule has 0 aliphatic rings. The zero-order valence-electron chi connectivity index (χ0n) is 17.4. The van der Waals surface area contributed by atoms with E-state index in [4.69, 9.17) is 0 Å². The van der Waals surface area contributed by atoms with Crippen LogP contribution in [0.3, 0.4) is 0 Å². The number of aromatic hydroxyl groups is 1. The molecule has 0 fully saturated rings. The monoisotopic (exact) mass is 472 g/mol. The maximum Gasteiger partial charge on any atom is 0.259 e. The highest BCUT2D eigenvalue weighted by atomic mass is 33.1. The van der Waals surface area contributed by atoms with E-state index in [1.165, 1.54) is 6.07 Å². The largest absolute Gasteiger partial charge is 0.507 e. The predicted octanol–water partition coefficient (Wildman–Crippen LogP) is 6.70. The molecule has 33 heavy (non-hydrogen) atoms. The molecule has 0 aliphatic carbocycles. The van der Waals surface area contributed by atoms with Gasteiger partial charge >= 0.3 is 0 Å². The van der Waals surface area contributed by atoms with E-state index in [-0.39, 0.29) is 23.1 Å². The fraction of sp³-hybridized carbons (Fsp3) is 0. The molecule has 4 aromatic carbocycles. The summed E-state index contributed by atoms with van der Waals surface area (Å²) in [4.78, 5) is 26.6. The van der Waals surface area contributed by atoms with Crippen molar-refractivity contribution in [1.29, 1.82) is 0 Å². The van der Waals surface area contributed by atoms with Gasteiger partial charge in [-0.15, -0.1) is 0 Å². The number of hydrogen-bond donors (Lipinski definition) is 3. The van der Waals surface area contributed by atoms with Crippen LogP contribution in [0, 0.1) is 0 Å². The van der Waals surface area contributed by atoms with E-state index in [1.54, 1.807) is 51.9 Å². The molecule has 4 aromatic rings. The number of hydrogen-bond acceptors (Lipinski definition) is 5. The van der Waals surface area contributed by atoms with Crippen LogP contribution in [0.1, 0.15) is 20.7 Å². The maximum atomic E-state index is 12.3. The smallest absolute Gasteiger partial charge is 0.259 e. The lowest BCUT2D eigenvalue weighted by atomic mass is 10.2. The van der Waals surface area contributed by atoms with Crippen molar-refractivity contribution in [2.75, 3.05) is 10.6 Å². The molecule has 0 aliphatic heterocycles. The molecule has 2 amide bonds. The molecule has 0 radical (unpaired) electrons. The second kappa shape index (κ2) is 10.8. The molecule has 5 nitrogen and oxygen atoms in total. The fourth-order valence-corrected chi connectivity index (χ4v) is 4.87. The number of phenolic OH excluding ortho intramolecular Hbond substituents is 1. The van der Waals surface area contributed by atoms with E-state index < -0.39 is 0 Å². The quantitative estimate of drug-likeness (QED) is 0.261. The van der Waals surface area contributed by atoms with Gasteiger partial charge in [-0.05, 0) is 72.8 Å². The summed E-state index contributed by atoms with van der Waals surface area (Å²) in [5, 5.41) is 15.5. The number of anilines is 2. The Morgan fingerprint density at radius 3 is 1.61 bits per heavy atom. The van der Waals surface area contributed by atoms with E-state index in [0.29, 0.717) is 11.3 Å². The average molecular weight is 473 g/mol. The molecule has 3 N–H and O–H groups in total. The molecule has 0 aromatic heterocycles. The van der Waals surface area contributed by atoms with Gasteiger partial charge in [0.1, 0.15) is 5.75 Å². The number of carbonyl (C=O) groups is 2. The van der Waals surface area contributed by atoms with Gasteiger partial charge in [0.2, 0.25) is 0 Å². The molecule has 7 heteroatoms. The maximum absolute atomic E-state index is 12.3. The topological polar surface area (TPSA) is 78.4 Å². The number of amides is 2. The molecule has 0 atom stereocenters. The molecular weight excluding hydrogens is 452 g/mol. The number of carbonyl (C=O) groups excluding carboxylic acids is 2. The van der Waals surface area contributed by atoms with Crippen molar-refractivity contribution < 1.29 is 14.7 Å². The van der Waals surface area contributed by atoms with E-state index in [2.05, 4.69) is 10.6 Å². The number of rotatable bonds is 7. The van der Waals surface area contributed by atoms with Crippen LogP contribution in [0.4, 0.5) is 11.4 Å². The first-order valence-corrected chi connectivity index (χ1v) is 12.2. The molecule has 0 unspecified atom stereocenters. The Morgan fingerprint density at radius 2 is 1.06 bits per heavy atom. The normalized spacial score (nSPS) is 10.4. The van der Waals surface area contributed by atoms with Gasteiger partial charge in [0.25, 0.3) is 11.8 Å². The van der Waals surface area contributed by atoms with Crippen LogP contribution in [-0.4, -0.2) is 16.9 Å². The second-order valence-corrected chi connectivity index (χ2v) is 9.28. The van der Waals surface area contributed by atoms with Gasteiger partial charge in [0, 0.05) is 26.7 Å². The first-order chi connectivity index (χ1) is 16.1. The Bertz CT molecular complexity index is 1240. The van der Waals surface area contributed by atoms with Crippen LogP contribution in [0.2, 0.25) is 0 Å². The van der Waals surface area contributed by atoms with Crippen LogP contribution in [0.15, 0.2) is 113 Å². The summed E-state index contributed by atoms with van der Waals surface area (Å²) < 4.78 is 0. The Hall–Kier alpha value is -3.68. The van der Waals surface area contributed by atoms with Gasteiger partial charge in [0.05, 0.1) is 5.56 Å². The highest BCUT2D eigenvalue weighted by Gasteiger charge is 2.10. The Balaban J connectivity index is 1.29. The fourth-order valence-electron chi connectivity index (χ4n) is 2.94. The molecule has 0 saturated heterocycles. The number of benzene rings is 4. The van der Waals surface area contributed by atoms with Gasteiger partial charge in [-0.1, -0.05) is 51.9 Å². The highest BCUT2D eigenvalue weighted by Crippen LogP contribution is 2.38. The minimum atomic E-state index is -0.359. The summed E-state index contributed by atoms with van der Waals surface area (Å²) in [7, 11) is 3.19. The van der Waals surface area contributed by atoms with Crippen molar-refractivity contribution >= 4 is 44.8 Å². The summed E-state index contributed by atoms with van der Waals surface area (Å²) in [6.45, 7) is 0. The third-order valence-corrected chi connectivity index (χ3v) is 7.06. The SMILES string of the molecule is O=C(Nc1ccc(SSc2ccc(NC(=O)c3ccccc3O)cc2)cc1)c1ccccc1. The number of para-hydroxylation sites is 1. The third-order valence-electron chi connectivity index (χ3n) is 4.64. The van der Waals surface area contributed by atoms with Crippen molar-refractivity contribution in [3.63, 3.8) is 0 Å². The lowest BCUT2D eigenvalue weighted by Gasteiger charge is -2.08. The molecule has 0 heterocycles. The molecule has 0 bridgehead atoms. The summed E-state index contributed by atoms with van der Waals surface area (Å²) in [6, 6.07) is 30.7. The van der Waals surface area contributed by atoms with Crippen molar-refractivity contribution in [3.8, 4) is 5.75 Å². The van der Waals surface area contributed by atoms with Crippen molar-refractivity contribution in [2.24, 2.45) is 0 Å². The molecule has 164 valence electrons. The molecular formula is C26H20N2O3S2. The number of nitrogens with one attached hydrogen (secondary N) is 2. The lowest BCUT2D eigenvalue weighted by molar-refractivity contribution is 0.101. The summed E-state index contributed by atoms with van der Waals surface area (Å²) in [5.74, 6) is -0.549. The highest BCUT2D eigenvalue weighted by molar-refractivity contribution is 8.76. The molecule has 0 spiro atoms. The van der Waals surface area contributed by atoms with Crippen molar-refractivity contribution in [3.05, 3.63) is 114 Å². The summed E-state index contributed by atoms with van der Waals surface area (Å²) >= 11 is 0. The van der Waals surface area contributed by atoms with Crippen LogP contribution < -0.4 is 10.6 Å². The van der Waals surface area contributed by atoms with Gasteiger partial charge < -0.3 is 15.7 Å². The first-order valence-electron chi connectivity index (χ1n) is 10.1. The Kier molecular flexibility index (Phi) is 7.34. The van der Waals surface area contributed by atoms with Crippen LogP contribution in [-0.2, 0) is 0 Å². The van der Waals surface area contributed by atoms with E-state index in [9.17, 15) is 14.7 Å². The zero-order chi connectivity index (χ0) is 23.0. The van der Waals surface area contributed by atoms with Gasteiger partial charge in [-0.3, -0.25) is 9.59 Å².